The topological polar surface area (TPSA) is 35.5 Å². The van der Waals surface area contributed by atoms with Crippen molar-refractivity contribution in [1.29, 1.82) is 0 Å². The summed E-state index contributed by atoms with van der Waals surface area (Å²) in [5, 5.41) is 0. The molecule has 3 atom stereocenters. The normalized spacial score (nSPS) is 20.8. The maximum Gasteiger partial charge on any atom is 0.336 e. The van der Waals surface area contributed by atoms with Gasteiger partial charge in [-0.2, -0.15) is 0 Å². The highest BCUT2D eigenvalue weighted by Gasteiger charge is 2.35. The summed E-state index contributed by atoms with van der Waals surface area (Å²) in [6.45, 7) is 29.1. The lowest BCUT2D eigenvalue weighted by Gasteiger charge is -2.38. The summed E-state index contributed by atoms with van der Waals surface area (Å²) in [4.78, 5) is 13.1. The number of ether oxygens (including phenoxy) is 2. The van der Waals surface area contributed by atoms with Gasteiger partial charge < -0.3 is 9.47 Å². The van der Waals surface area contributed by atoms with Gasteiger partial charge in [0.05, 0.1) is 0 Å². The van der Waals surface area contributed by atoms with E-state index in [0.29, 0.717) is 5.75 Å². The molecule has 290 valence electrons. The van der Waals surface area contributed by atoms with Gasteiger partial charge in [0, 0.05) is 11.6 Å². The fourth-order valence-corrected chi connectivity index (χ4v) is 8.41. The van der Waals surface area contributed by atoms with E-state index in [1.165, 1.54) is 92.9 Å². The van der Waals surface area contributed by atoms with Crippen LogP contribution < -0.4 is 9.47 Å². The summed E-state index contributed by atoms with van der Waals surface area (Å²) >= 11 is 0. The Morgan fingerprint density at radius 1 is 0.788 bits per heavy atom. The molecule has 0 bridgehead atoms. The number of esters is 1. The summed E-state index contributed by atoms with van der Waals surface area (Å²) in [6, 6.07) is 0. The lowest BCUT2D eigenvalue weighted by Crippen LogP contribution is -2.37. The minimum Gasteiger partial charge on any atom is -0.487 e. The molecule has 0 radical (unpaired) electrons. The molecule has 0 fully saturated rings. The lowest BCUT2D eigenvalue weighted by atomic mass is 9.72. The van der Waals surface area contributed by atoms with Gasteiger partial charge >= 0.3 is 5.97 Å². The van der Waals surface area contributed by atoms with Crippen molar-refractivity contribution >= 4 is 5.97 Å². The second kappa shape index (κ2) is 20.0. The fourth-order valence-electron chi connectivity index (χ4n) is 8.41. The number of carbonyl (C=O) groups excluding carboxylic acids is 1. The van der Waals surface area contributed by atoms with Gasteiger partial charge in [0.15, 0.2) is 0 Å². The van der Waals surface area contributed by atoms with Crippen LogP contribution in [-0.4, -0.2) is 11.6 Å². The third-order valence-corrected chi connectivity index (χ3v) is 12.2. The Labute approximate surface area is 320 Å². The van der Waals surface area contributed by atoms with E-state index in [-0.39, 0.29) is 17.0 Å². The molecule has 1 aliphatic heterocycles. The van der Waals surface area contributed by atoms with Crippen LogP contribution in [0.4, 0.5) is 0 Å². The van der Waals surface area contributed by atoms with E-state index in [0.717, 1.165) is 65.0 Å². The van der Waals surface area contributed by atoms with E-state index in [1.807, 2.05) is 19.1 Å². The molecule has 0 N–H and O–H groups in total. The van der Waals surface area contributed by atoms with Gasteiger partial charge in [0.25, 0.3) is 0 Å². The van der Waals surface area contributed by atoms with E-state index in [1.54, 1.807) is 6.08 Å². The van der Waals surface area contributed by atoms with Crippen molar-refractivity contribution < 1.29 is 14.3 Å². The first kappa shape index (κ1) is 43.6. The number of hydrogen-bond acceptors (Lipinski definition) is 3. The van der Waals surface area contributed by atoms with Gasteiger partial charge in [0.2, 0.25) is 0 Å². The van der Waals surface area contributed by atoms with Crippen LogP contribution in [0.2, 0.25) is 0 Å². The largest absolute Gasteiger partial charge is 0.487 e. The Kier molecular flexibility index (Phi) is 16.8. The van der Waals surface area contributed by atoms with Gasteiger partial charge in [-0.05, 0) is 144 Å². The molecule has 3 nitrogen and oxygen atoms in total. The quantitative estimate of drug-likeness (QED) is 0.0658. The number of fused-ring (bicyclic) bond motifs is 1. The second-order valence-corrected chi connectivity index (χ2v) is 18.3. The van der Waals surface area contributed by atoms with Crippen molar-refractivity contribution in [1.82, 2.24) is 0 Å². The third-order valence-electron chi connectivity index (χ3n) is 12.2. The molecule has 1 aliphatic carbocycles. The van der Waals surface area contributed by atoms with Crippen LogP contribution >= 0.6 is 0 Å². The molecule has 3 heteroatoms. The Morgan fingerprint density at radius 2 is 1.42 bits per heavy atom. The smallest absolute Gasteiger partial charge is 0.336 e. The highest BCUT2D eigenvalue weighted by Crippen LogP contribution is 2.45. The van der Waals surface area contributed by atoms with Crippen LogP contribution in [0.3, 0.4) is 0 Å². The van der Waals surface area contributed by atoms with Crippen molar-refractivity contribution in [3.63, 3.8) is 0 Å². The summed E-state index contributed by atoms with van der Waals surface area (Å²) in [7, 11) is 0. The minimum atomic E-state index is -0.341. The summed E-state index contributed by atoms with van der Waals surface area (Å²) < 4.78 is 12.9. The average Bonchev–Trinajstić information content (AvgIpc) is 3.05. The number of hydrogen-bond donors (Lipinski definition) is 0. The highest BCUT2D eigenvalue weighted by atomic mass is 16.5. The molecule has 0 saturated carbocycles. The second-order valence-electron chi connectivity index (χ2n) is 18.3. The van der Waals surface area contributed by atoms with E-state index >= 15 is 0 Å². The zero-order valence-electron chi connectivity index (χ0n) is 35.8. The maximum atomic E-state index is 13.1. The standard InChI is InChI=1S/C49H76O3/c1-34(2)19-14-20-35(3)21-15-22-36(4)25-17-31-49(13)32-29-43-42(10)46(40(8)41(9)47(43)52-49)51-45(50)33-38(6)24-16-23-37(5)27-28-44-39(7)26-18-30-48(44,11)12/h16,23-24,27-28,33-36H,14-15,17-22,25-26,29-32H2,1-13H3/b24-16+,28-27+,37-23+,38-33+/t35-,36-,49-/m1/s1. The maximum absolute atomic E-state index is 13.1. The molecule has 2 aliphatic rings. The Balaban J connectivity index is 1.54. The van der Waals surface area contributed by atoms with Crippen LogP contribution in [-0.2, 0) is 11.2 Å². The minimum absolute atomic E-state index is 0.156. The number of carbonyl (C=O) groups is 1. The monoisotopic (exact) mass is 713 g/mol. The van der Waals surface area contributed by atoms with Crippen molar-refractivity contribution in [3.05, 3.63) is 81.0 Å². The molecule has 52 heavy (non-hydrogen) atoms. The van der Waals surface area contributed by atoms with Crippen LogP contribution in [0, 0.1) is 43.9 Å². The predicted octanol–water partition coefficient (Wildman–Crippen LogP) is 14.6. The van der Waals surface area contributed by atoms with Crippen molar-refractivity contribution in [3.8, 4) is 11.5 Å². The Bertz CT molecular complexity index is 1510. The molecule has 0 spiro atoms. The molecule has 0 unspecified atom stereocenters. The first-order valence-electron chi connectivity index (χ1n) is 20.9. The summed E-state index contributed by atoms with van der Waals surface area (Å²) in [5.74, 6) is 3.80. The molecule has 3 rings (SSSR count). The first-order chi connectivity index (χ1) is 24.4. The zero-order chi connectivity index (χ0) is 38.6. The van der Waals surface area contributed by atoms with Crippen molar-refractivity contribution in [2.45, 2.75) is 186 Å². The van der Waals surface area contributed by atoms with Crippen LogP contribution in [0.25, 0.3) is 0 Å². The number of benzene rings is 1. The SMILES string of the molecule is CC1=C(/C=C/C(C)=C/C=C/C(C)=C/C(=O)Oc2c(C)c(C)c3c(c2C)CC[C@@](C)(CCC[C@H](C)CCC[C@H](C)CCCC(C)C)O3)C(C)(C)CCC1. The van der Waals surface area contributed by atoms with Crippen molar-refractivity contribution in [2.24, 2.45) is 23.2 Å². The average molecular weight is 713 g/mol. The highest BCUT2D eigenvalue weighted by molar-refractivity contribution is 5.86. The zero-order valence-corrected chi connectivity index (χ0v) is 35.8. The molecule has 1 aromatic rings. The van der Waals surface area contributed by atoms with Gasteiger partial charge in [-0.25, -0.2) is 4.79 Å². The number of allylic oxidation sites excluding steroid dienone is 9. The van der Waals surface area contributed by atoms with Gasteiger partial charge in [-0.3, -0.25) is 0 Å². The van der Waals surface area contributed by atoms with Crippen LogP contribution in [0.15, 0.2) is 58.7 Å². The molecule has 1 aromatic carbocycles. The van der Waals surface area contributed by atoms with E-state index in [9.17, 15) is 4.79 Å². The first-order valence-corrected chi connectivity index (χ1v) is 20.9. The van der Waals surface area contributed by atoms with E-state index in [2.05, 4.69) is 101 Å². The lowest BCUT2D eigenvalue weighted by molar-refractivity contribution is -0.129. The molecular weight excluding hydrogens is 637 g/mol. The van der Waals surface area contributed by atoms with Gasteiger partial charge in [-0.1, -0.05) is 128 Å². The molecule has 1 heterocycles. The molecule has 0 aromatic heterocycles. The van der Waals surface area contributed by atoms with E-state index in [4.69, 9.17) is 9.47 Å². The molecule has 0 amide bonds. The van der Waals surface area contributed by atoms with E-state index < -0.39 is 0 Å². The number of rotatable bonds is 18. The van der Waals surface area contributed by atoms with Crippen LogP contribution in [0.5, 0.6) is 11.5 Å². The molecule has 0 saturated heterocycles. The Morgan fingerprint density at radius 3 is 2.06 bits per heavy atom. The Hall–Kier alpha value is -2.81. The fraction of sp³-hybridized carbons (Fsp3) is 0.653. The van der Waals surface area contributed by atoms with Gasteiger partial charge in [0.1, 0.15) is 17.1 Å². The summed E-state index contributed by atoms with van der Waals surface area (Å²) in [5.41, 5.74) is 9.38. The third kappa shape index (κ3) is 13.2. The molecular formula is C49H76O3. The predicted molar refractivity (Wildman–Crippen MR) is 224 cm³/mol. The van der Waals surface area contributed by atoms with Crippen molar-refractivity contribution in [2.75, 3.05) is 0 Å². The van der Waals surface area contributed by atoms with Crippen LogP contribution in [0.1, 0.15) is 175 Å². The van der Waals surface area contributed by atoms with Gasteiger partial charge in [-0.15, -0.1) is 0 Å². The summed E-state index contributed by atoms with van der Waals surface area (Å²) in [6.07, 6.45) is 29.5.